The first-order valence-corrected chi connectivity index (χ1v) is 11.0. The van der Waals surface area contributed by atoms with Crippen LogP contribution in [0.5, 0.6) is 0 Å². The van der Waals surface area contributed by atoms with Crippen LogP contribution in [0.2, 0.25) is 0 Å². The molecule has 0 unspecified atom stereocenters. The van der Waals surface area contributed by atoms with Gasteiger partial charge in [-0.1, -0.05) is 6.07 Å². The number of halogens is 2. The molecular weight excluding hydrogens is 428 g/mol. The van der Waals surface area contributed by atoms with Gasteiger partial charge in [0.2, 0.25) is 0 Å². The smallest absolute Gasteiger partial charge is 0.290 e. The number of hydrogen-bond acceptors (Lipinski definition) is 6. The van der Waals surface area contributed by atoms with Gasteiger partial charge in [-0.25, -0.2) is 13.8 Å². The molecule has 4 rings (SSSR count). The van der Waals surface area contributed by atoms with E-state index in [1.165, 1.54) is 23.5 Å². The van der Waals surface area contributed by atoms with Crippen molar-refractivity contribution in [3.8, 4) is 0 Å². The van der Waals surface area contributed by atoms with Gasteiger partial charge in [-0.2, -0.15) is 0 Å². The van der Waals surface area contributed by atoms with Crippen LogP contribution < -0.4 is 5.32 Å². The second-order valence-corrected chi connectivity index (χ2v) is 8.43. The zero-order valence-electron chi connectivity index (χ0n) is 16.9. The van der Waals surface area contributed by atoms with Gasteiger partial charge in [-0.3, -0.25) is 14.5 Å². The minimum atomic E-state index is -0.820. The van der Waals surface area contributed by atoms with Gasteiger partial charge in [0.25, 0.3) is 12.4 Å². The lowest BCUT2D eigenvalue weighted by molar-refractivity contribution is -0.122. The van der Waals surface area contributed by atoms with Crippen molar-refractivity contribution in [1.29, 1.82) is 0 Å². The van der Waals surface area contributed by atoms with Gasteiger partial charge in [-0.15, -0.1) is 11.3 Å². The molecule has 1 aromatic carbocycles. The molecule has 0 radical (unpaired) electrons. The van der Waals surface area contributed by atoms with Gasteiger partial charge < -0.3 is 15.2 Å². The van der Waals surface area contributed by atoms with E-state index in [2.05, 4.69) is 15.2 Å². The fraction of sp³-hybridized carbons (Fsp3) is 0.476. The summed E-state index contributed by atoms with van der Waals surface area (Å²) in [6, 6.07) is 4.06. The number of rotatable bonds is 5. The summed E-state index contributed by atoms with van der Waals surface area (Å²) in [5.74, 6) is -1.80. The number of carbonyl (C=O) groups is 2. The van der Waals surface area contributed by atoms with Crippen LogP contribution in [0.4, 0.5) is 8.78 Å². The fourth-order valence-corrected chi connectivity index (χ4v) is 4.68. The van der Waals surface area contributed by atoms with Gasteiger partial charge in [0, 0.05) is 31.6 Å². The van der Waals surface area contributed by atoms with Crippen molar-refractivity contribution in [3.63, 3.8) is 0 Å². The van der Waals surface area contributed by atoms with Gasteiger partial charge in [0.05, 0.1) is 17.2 Å². The van der Waals surface area contributed by atoms with E-state index < -0.39 is 11.6 Å². The first-order valence-electron chi connectivity index (χ1n) is 10.0. The average molecular weight is 454 g/mol. The number of benzene rings is 1. The number of nitrogens with zero attached hydrogens (tertiary/aromatic N) is 2. The molecule has 31 heavy (non-hydrogen) atoms. The lowest BCUT2D eigenvalue weighted by Gasteiger charge is -2.39. The molecule has 1 spiro atoms. The SMILES string of the molecule is O=C(NC[C@H]1CCC[C@]2(CCN(Cc3ccc(F)c(F)c3)C2)O1)c1cscn1.O=CO. The van der Waals surface area contributed by atoms with E-state index in [4.69, 9.17) is 14.6 Å². The molecule has 3 heterocycles. The molecule has 2 atom stereocenters. The highest BCUT2D eigenvalue weighted by Gasteiger charge is 2.42. The number of hydrogen-bond donors (Lipinski definition) is 2. The topological polar surface area (TPSA) is 91.8 Å². The van der Waals surface area contributed by atoms with Crippen LogP contribution in [0.25, 0.3) is 0 Å². The molecule has 2 N–H and O–H groups in total. The highest BCUT2D eigenvalue weighted by molar-refractivity contribution is 7.07. The van der Waals surface area contributed by atoms with Gasteiger partial charge in [0.1, 0.15) is 5.69 Å². The Morgan fingerprint density at radius 2 is 2.19 bits per heavy atom. The molecule has 2 fully saturated rings. The van der Waals surface area contributed by atoms with E-state index in [-0.39, 0.29) is 24.1 Å². The van der Waals surface area contributed by atoms with Crippen LogP contribution in [0.3, 0.4) is 0 Å². The van der Waals surface area contributed by atoms with Gasteiger partial charge >= 0.3 is 0 Å². The first-order chi connectivity index (χ1) is 14.9. The quantitative estimate of drug-likeness (QED) is 0.676. The third-order valence-corrected chi connectivity index (χ3v) is 6.10. The van der Waals surface area contributed by atoms with E-state index in [0.717, 1.165) is 44.3 Å². The van der Waals surface area contributed by atoms with Crippen molar-refractivity contribution in [2.75, 3.05) is 19.6 Å². The number of aromatic nitrogens is 1. The van der Waals surface area contributed by atoms with Crippen molar-refractivity contribution < 1.29 is 28.2 Å². The zero-order chi connectivity index (χ0) is 22.3. The molecule has 10 heteroatoms. The van der Waals surface area contributed by atoms with Crippen LogP contribution in [0, 0.1) is 11.6 Å². The summed E-state index contributed by atoms with van der Waals surface area (Å²) in [6.45, 7) is 2.42. The highest BCUT2D eigenvalue weighted by atomic mass is 32.1. The standard InChI is InChI=1S/C20H23F2N3O2S.CH2O2/c21-16-4-3-14(8-17(16)22)10-25-7-6-20(12-25)5-1-2-15(27-20)9-23-19(26)18-11-28-13-24-18;2-1-3/h3-4,8,11,13,15H,1-2,5-7,9-10,12H2,(H,23,26);1H,(H,2,3)/t15-,20-;/m1./s1. The molecule has 1 amide bonds. The third-order valence-electron chi connectivity index (χ3n) is 5.52. The fourth-order valence-electron chi connectivity index (χ4n) is 4.15. The van der Waals surface area contributed by atoms with Crippen molar-refractivity contribution in [1.82, 2.24) is 15.2 Å². The summed E-state index contributed by atoms with van der Waals surface area (Å²) in [7, 11) is 0. The Morgan fingerprint density at radius 3 is 2.90 bits per heavy atom. The summed E-state index contributed by atoms with van der Waals surface area (Å²) in [4.78, 5) is 26.7. The molecular formula is C21H25F2N3O4S. The van der Waals surface area contributed by atoms with E-state index in [0.29, 0.717) is 18.8 Å². The maximum absolute atomic E-state index is 13.4. The second-order valence-electron chi connectivity index (χ2n) is 7.71. The number of amides is 1. The number of carbonyl (C=O) groups excluding carboxylic acids is 1. The maximum Gasteiger partial charge on any atom is 0.290 e. The highest BCUT2D eigenvalue weighted by Crippen LogP contribution is 2.37. The van der Waals surface area contributed by atoms with Crippen LogP contribution in [0.1, 0.15) is 41.7 Å². The lowest BCUT2D eigenvalue weighted by Crippen LogP contribution is -2.46. The minimum Gasteiger partial charge on any atom is -0.483 e. The van der Waals surface area contributed by atoms with E-state index in [9.17, 15) is 13.6 Å². The molecule has 0 bridgehead atoms. The first kappa shape index (κ1) is 23.2. The summed E-state index contributed by atoms with van der Waals surface area (Å²) >= 11 is 1.39. The predicted molar refractivity (Wildman–Crippen MR) is 111 cm³/mol. The molecule has 0 aliphatic carbocycles. The predicted octanol–water partition coefficient (Wildman–Crippen LogP) is 3.07. The molecule has 168 valence electrons. The van der Waals surface area contributed by atoms with Crippen LogP contribution in [0.15, 0.2) is 29.1 Å². The van der Waals surface area contributed by atoms with Crippen molar-refractivity contribution in [2.45, 2.75) is 43.9 Å². The molecule has 1 aromatic heterocycles. The van der Waals surface area contributed by atoms with E-state index in [1.807, 2.05) is 0 Å². The third kappa shape index (κ3) is 6.28. The molecule has 2 aliphatic heterocycles. The van der Waals surface area contributed by atoms with Gasteiger partial charge in [-0.05, 0) is 43.4 Å². The Hall–Kier alpha value is -2.43. The van der Waals surface area contributed by atoms with Crippen molar-refractivity contribution in [2.24, 2.45) is 0 Å². The molecule has 2 saturated heterocycles. The number of likely N-dealkylation sites (tertiary alicyclic amines) is 1. The van der Waals surface area contributed by atoms with Crippen LogP contribution in [-0.4, -0.2) is 58.7 Å². The Balaban J connectivity index is 0.000000858. The lowest BCUT2D eigenvalue weighted by atomic mass is 9.90. The van der Waals surface area contributed by atoms with Crippen molar-refractivity contribution >= 4 is 23.7 Å². The largest absolute Gasteiger partial charge is 0.483 e. The summed E-state index contributed by atoms with van der Waals surface area (Å²) in [6.07, 6.45) is 3.85. The minimum absolute atomic E-state index is 0.0143. The Kier molecular flexibility index (Phi) is 8.05. The molecule has 2 aliphatic rings. The average Bonchev–Trinajstić information content (AvgIpc) is 3.41. The van der Waals surface area contributed by atoms with Gasteiger partial charge in [0.15, 0.2) is 11.6 Å². The van der Waals surface area contributed by atoms with E-state index >= 15 is 0 Å². The van der Waals surface area contributed by atoms with E-state index in [1.54, 1.807) is 17.0 Å². The zero-order valence-corrected chi connectivity index (χ0v) is 17.7. The second kappa shape index (κ2) is 10.7. The van der Waals surface area contributed by atoms with Crippen LogP contribution >= 0.6 is 11.3 Å². The summed E-state index contributed by atoms with van der Waals surface area (Å²) in [5, 5.41) is 11.5. The molecule has 7 nitrogen and oxygen atoms in total. The normalized spacial score (nSPS) is 23.2. The Labute approximate surface area is 183 Å². The Bertz CT molecular complexity index is 884. The monoisotopic (exact) mass is 453 g/mol. The maximum atomic E-state index is 13.4. The summed E-state index contributed by atoms with van der Waals surface area (Å²) in [5.41, 5.74) is 2.63. The number of nitrogens with one attached hydrogen (secondary N) is 1. The number of carboxylic acid groups (broad SMARTS) is 1. The summed E-state index contributed by atoms with van der Waals surface area (Å²) < 4.78 is 33.0. The molecule has 0 saturated carbocycles. The number of thiazole rings is 1. The van der Waals surface area contributed by atoms with Crippen LogP contribution in [-0.2, 0) is 16.1 Å². The molecule has 2 aromatic rings. The Morgan fingerprint density at radius 1 is 1.39 bits per heavy atom. The van der Waals surface area contributed by atoms with Crippen molar-refractivity contribution in [3.05, 3.63) is 52.0 Å². The number of ether oxygens (including phenoxy) is 1.